The molecule has 2 aliphatic heterocycles. The molecule has 182 valence electrons. The van der Waals surface area contributed by atoms with Gasteiger partial charge < -0.3 is 19.3 Å². The van der Waals surface area contributed by atoms with E-state index in [-0.39, 0.29) is 18.1 Å². The van der Waals surface area contributed by atoms with E-state index in [0.717, 1.165) is 43.1 Å². The summed E-state index contributed by atoms with van der Waals surface area (Å²) in [7, 11) is 0. The number of carbonyl (C=O) groups excluding carboxylic acids is 2. The van der Waals surface area contributed by atoms with Gasteiger partial charge in [-0.3, -0.25) is 9.69 Å². The summed E-state index contributed by atoms with van der Waals surface area (Å²) in [5, 5.41) is 2.01. The van der Waals surface area contributed by atoms with E-state index in [0.29, 0.717) is 32.8 Å². The van der Waals surface area contributed by atoms with E-state index in [2.05, 4.69) is 17.0 Å². The minimum absolute atomic E-state index is 0.0666. The van der Waals surface area contributed by atoms with E-state index in [9.17, 15) is 9.59 Å². The Morgan fingerprint density at radius 2 is 1.82 bits per heavy atom. The molecule has 0 unspecified atom stereocenters. The topological polar surface area (TPSA) is 62.3 Å². The Labute approximate surface area is 205 Å². The van der Waals surface area contributed by atoms with Crippen LogP contribution < -0.4 is 4.74 Å². The van der Waals surface area contributed by atoms with E-state index >= 15 is 0 Å². The third kappa shape index (κ3) is 6.84. The van der Waals surface area contributed by atoms with Crippen molar-refractivity contribution in [3.05, 3.63) is 58.3 Å². The molecule has 34 heavy (non-hydrogen) atoms. The molecule has 1 aromatic carbocycles. The van der Waals surface area contributed by atoms with Crippen molar-refractivity contribution in [3.8, 4) is 5.75 Å². The Balaban J connectivity index is 1.21. The van der Waals surface area contributed by atoms with Gasteiger partial charge in [-0.25, -0.2) is 4.79 Å². The van der Waals surface area contributed by atoms with Crippen LogP contribution in [-0.2, 0) is 16.1 Å². The second-order valence-electron chi connectivity index (χ2n) is 8.60. The number of ether oxygens (including phenoxy) is 2. The maximum atomic E-state index is 12.5. The number of benzene rings is 1. The standard InChI is InChI=1S/C26H33N3O4S/c1-2-32-26(31)29-16-14-27(15-17-29)20-21-5-3-6-23(19-21)33-22-10-12-28(13-11-22)25(30)9-8-24-7-4-18-34-24/h3-9,18-19,22H,2,10-17,20H2,1H3. The van der Waals surface area contributed by atoms with Gasteiger partial charge in [0.05, 0.1) is 6.61 Å². The molecular formula is C26H33N3O4S. The quantitative estimate of drug-likeness (QED) is 0.555. The van der Waals surface area contributed by atoms with Crippen molar-refractivity contribution >= 4 is 29.4 Å². The molecule has 0 saturated carbocycles. The fourth-order valence-electron chi connectivity index (χ4n) is 4.31. The molecule has 1 aromatic heterocycles. The predicted molar refractivity (Wildman–Crippen MR) is 134 cm³/mol. The molecule has 0 atom stereocenters. The zero-order valence-corrected chi connectivity index (χ0v) is 20.5. The summed E-state index contributed by atoms with van der Waals surface area (Å²) < 4.78 is 11.4. The molecule has 0 spiro atoms. The lowest BCUT2D eigenvalue weighted by atomic mass is 10.1. The maximum Gasteiger partial charge on any atom is 0.409 e. The molecule has 0 aliphatic carbocycles. The highest BCUT2D eigenvalue weighted by molar-refractivity contribution is 7.10. The smallest absolute Gasteiger partial charge is 0.409 e. The van der Waals surface area contributed by atoms with Crippen LogP contribution in [0.25, 0.3) is 6.08 Å². The third-order valence-corrected chi connectivity index (χ3v) is 7.03. The highest BCUT2D eigenvalue weighted by atomic mass is 32.1. The lowest BCUT2D eigenvalue weighted by Gasteiger charge is -2.34. The molecule has 2 saturated heterocycles. The number of amides is 2. The molecule has 4 rings (SSSR count). The first kappa shape index (κ1) is 24.3. The highest BCUT2D eigenvalue weighted by Gasteiger charge is 2.24. The summed E-state index contributed by atoms with van der Waals surface area (Å²) in [4.78, 5) is 31.4. The number of thiophene rings is 1. The lowest BCUT2D eigenvalue weighted by Crippen LogP contribution is -2.48. The van der Waals surface area contributed by atoms with Gasteiger partial charge in [-0.2, -0.15) is 0 Å². The van der Waals surface area contributed by atoms with Crippen molar-refractivity contribution in [2.45, 2.75) is 32.4 Å². The van der Waals surface area contributed by atoms with Gasteiger partial charge in [0, 0.05) is 69.6 Å². The fraction of sp³-hybridized carbons (Fsp3) is 0.462. The number of nitrogens with zero attached hydrogens (tertiary/aromatic N) is 3. The molecule has 2 fully saturated rings. The molecule has 3 heterocycles. The summed E-state index contributed by atoms with van der Waals surface area (Å²) in [5.41, 5.74) is 1.20. The number of carbonyl (C=O) groups is 2. The van der Waals surface area contributed by atoms with Gasteiger partial charge in [0.2, 0.25) is 5.91 Å². The Bertz CT molecular complexity index is 962. The molecule has 8 heteroatoms. The van der Waals surface area contributed by atoms with E-state index < -0.39 is 0 Å². The molecular weight excluding hydrogens is 450 g/mol. The molecule has 7 nitrogen and oxygen atoms in total. The van der Waals surface area contributed by atoms with Crippen molar-refractivity contribution in [1.82, 2.24) is 14.7 Å². The fourth-order valence-corrected chi connectivity index (χ4v) is 4.93. The van der Waals surface area contributed by atoms with Gasteiger partial charge >= 0.3 is 6.09 Å². The normalized spacial score (nSPS) is 17.8. The second-order valence-corrected chi connectivity index (χ2v) is 9.58. The number of rotatable bonds is 7. The van der Waals surface area contributed by atoms with Crippen LogP contribution in [0.3, 0.4) is 0 Å². The molecule has 2 aromatic rings. The molecule has 0 bridgehead atoms. The maximum absolute atomic E-state index is 12.5. The van der Waals surface area contributed by atoms with Crippen molar-refractivity contribution in [2.24, 2.45) is 0 Å². The van der Waals surface area contributed by atoms with Gasteiger partial charge in [-0.15, -0.1) is 11.3 Å². The van der Waals surface area contributed by atoms with Crippen LogP contribution in [0.1, 0.15) is 30.2 Å². The van der Waals surface area contributed by atoms with E-state index in [1.807, 2.05) is 47.5 Å². The SMILES string of the molecule is CCOC(=O)N1CCN(Cc2cccc(OC3CCN(C(=O)C=Cc4cccs4)CC3)c2)CC1. The first-order valence-corrected chi connectivity index (χ1v) is 12.9. The number of likely N-dealkylation sites (tertiary alicyclic amines) is 1. The van der Waals surface area contributed by atoms with Crippen LogP contribution in [0.15, 0.2) is 47.9 Å². The largest absolute Gasteiger partial charge is 0.490 e. The number of hydrogen-bond acceptors (Lipinski definition) is 6. The van der Waals surface area contributed by atoms with E-state index in [4.69, 9.17) is 9.47 Å². The minimum atomic E-state index is -0.219. The highest BCUT2D eigenvalue weighted by Crippen LogP contribution is 2.22. The molecule has 0 radical (unpaired) electrons. The first-order valence-electron chi connectivity index (χ1n) is 12.0. The lowest BCUT2D eigenvalue weighted by molar-refractivity contribution is -0.127. The summed E-state index contributed by atoms with van der Waals surface area (Å²) in [6.07, 6.45) is 5.12. The van der Waals surface area contributed by atoms with Crippen LogP contribution in [0.2, 0.25) is 0 Å². The zero-order valence-electron chi connectivity index (χ0n) is 19.7. The van der Waals surface area contributed by atoms with Crippen LogP contribution in [0, 0.1) is 0 Å². The summed E-state index contributed by atoms with van der Waals surface area (Å²) in [5.74, 6) is 0.946. The van der Waals surface area contributed by atoms with Crippen molar-refractivity contribution in [2.75, 3.05) is 45.9 Å². The van der Waals surface area contributed by atoms with Crippen LogP contribution in [0.4, 0.5) is 4.79 Å². The number of piperazine rings is 1. The van der Waals surface area contributed by atoms with Crippen LogP contribution >= 0.6 is 11.3 Å². The summed E-state index contributed by atoms with van der Waals surface area (Å²) in [6.45, 7) is 7.53. The van der Waals surface area contributed by atoms with E-state index in [1.165, 1.54) is 5.56 Å². The van der Waals surface area contributed by atoms with Crippen molar-refractivity contribution in [1.29, 1.82) is 0 Å². The zero-order chi connectivity index (χ0) is 23.8. The van der Waals surface area contributed by atoms with Crippen LogP contribution in [0.5, 0.6) is 5.75 Å². The van der Waals surface area contributed by atoms with E-state index in [1.54, 1.807) is 22.3 Å². The summed E-state index contributed by atoms with van der Waals surface area (Å²) >= 11 is 1.63. The molecule has 0 N–H and O–H groups in total. The average Bonchev–Trinajstić information content (AvgIpc) is 3.38. The van der Waals surface area contributed by atoms with Gasteiger partial charge in [0.1, 0.15) is 11.9 Å². The molecule has 2 aliphatic rings. The average molecular weight is 484 g/mol. The summed E-state index contributed by atoms with van der Waals surface area (Å²) in [6, 6.07) is 12.3. The van der Waals surface area contributed by atoms with Crippen LogP contribution in [-0.4, -0.2) is 78.7 Å². The Kier molecular flexibility index (Phi) is 8.60. The van der Waals surface area contributed by atoms with Gasteiger partial charge in [-0.05, 0) is 42.1 Å². The Morgan fingerprint density at radius 3 is 2.53 bits per heavy atom. The minimum Gasteiger partial charge on any atom is -0.490 e. The second kappa shape index (κ2) is 12.0. The number of hydrogen-bond donors (Lipinski definition) is 0. The predicted octanol–water partition coefficient (Wildman–Crippen LogP) is 4.11. The van der Waals surface area contributed by atoms with Gasteiger partial charge in [-0.1, -0.05) is 18.2 Å². The number of piperidine rings is 1. The monoisotopic (exact) mass is 483 g/mol. The Hall–Kier alpha value is -2.84. The first-order chi connectivity index (χ1) is 16.6. The third-order valence-electron chi connectivity index (χ3n) is 6.19. The Morgan fingerprint density at radius 1 is 1.03 bits per heavy atom. The van der Waals surface area contributed by atoms with Crippen molar-refractivity contribution < 1.29 is 19.1 Å². The van der Waals surface area contributed by atoms with Gasteiger partial charge in [0.15, 0.2) is 0 Å². The van der Waals surface area contributed by atoms with Gasteiger partial charge in [0.25, 0.3) is 0 Å². The van der Waals surface area contributed by atoms with Crippen molar-refractivity contribution in [3.63, 3.8) is 0 Å². The molecule has 2 amide bonds.